The maximum absolute atomic E-state index is 2.12. The van der Waals surface area contributed by atoms with E-state index in [9.17, 15) is 0 Å². The van der Waals surface area contributed by atoms with Crippen LogP contribution in [-0.4, -0.2) is 0 Å². The van der Waals surface area contributed by atoms with Crippen LogP contribution in [0.3, 0.4) is 0 Å². The SMILES string of the molecule is C/C=C/C.Cc1ccc(C)cc1. The number of rotatable bonds is 0. The largest absolute Gasteiger partial charge is 0.0919 e. The first-order chi connectivity index (χ1) is 5.70. The van der Waals surface area contributed by atoms with E-state index in [1.807, 2.05) is 26.0 Å². The average molecular weight is 162 g/mol. The highest BCUT2D eigenvalue weighted by Crippen LogP contribution is 1.99. The maximum atomic E-state index is 2.12. The molecule has 0 aliphatic carbocycles. The highest BCUT2D eigenvalue weighted by molar-refractivity contribution is 5.19. The summed E-state index contributed by atoms with van der Waals surface area (Å²) in [6.45, 7) is 8.19. The van der Waals surface area contributed by atoms with Crippen molar-refractivity contribution in [3.05, 3.63) is 47.5 Å². The van der Waals surface area contributed by atoms with Crippen LogP contribution in [0, 0.1) is 13.8 Å². The molecule has 0 heterocycles. The van der Waals surface area contributed by atoms with Crippen molar-refractivity contribution in [2.75, 3.05) is 0 Å². The molecule has 0 aliphatic rings. The summed E-state index contributed by atoms with van der Waals surface area (Å²) in [5.74, 6) is 0. The van der Waals surface area contributed by atoms with Gasteiger partial charge in [-0.1, -0.05) is 47.5 Å². The topological polar surface area (TPSA) is 0 Å². The summed E-state index contributed by atoms with van der Waals surface area (Å²) < 4.78 is 0. The van der Waals surface area contributed by atoms with Crippen LogP contribution in [-0.2, 0) is 0 Å². The summed E-state index contributed by atoms with van der Waals surface area (Å²) in [7, 11) is 0. The fourth-order valence-corrected chi connectivity index (χ4v) is 0.637. The molecule has 0 unspecified atom stereocenters. The lowest BCUT2D eigenvalue weighted by atomic mass is 10.2. The van der Waals surface area contributed by atoms with Gasteiger partial charge in [-0.2, -0.15) is 0 Å². The van der Waals surface area contributed by atoms with Gasteiger partial charge in [0, 0.05) is 0 Å². The Labute approximate surface area is 75.9 Å². The number of hydrogen-bond donors (Lipinski definition) is 0. The molecule has 0 heteroatoms. The first kappa shape index (κ1) is 11.0. The van der Waals surface area contributed by atoms with Crippen molar-refractivity contribution in [1.82, 2.24) is 0 Å². The first-order valence-electron chi connectivity index (χ1n) is 4.31. The third-order valence-electron chi connectivity index (χ3n) is 1.55. The molecule has 0 fully saturated rings. The molecule has 0 saturated carbocycles. The summed E-state index contributed by atoms with van der Waals surface area (Å²) >= 11 is 0. The number of allylic oxidation sites excluding steroid dienone is 2. The van der Waals surface area contributed by atoms with Crippen LogP contribution in [0.1, 0.15) is 25.0 Å². The minimum absolute atomic E-state index is 1.33. The minimum Gasteiger partial charge on any atom is -0.0919 e. The Hall–Kier alpha value is -1.04. The van der Waals surface area contributed by atoms with Crippen molar-refractivity contribution in [2.45, 2.75) is 27.7 Å². The van der Waals surface area contributed by atoms with E-state index in [0.717, 1.165) is 0 Å². The lowest BCUT2D eigenvalue weighted by Gasteiger charge is -1.90. The third kappa shape index (κ3) is 5.72. The summed E-state index contributed by atoms with van der Waals surface area (Å²) in [5, 5.41) is 0. The summed E-state index contributed by atoms with van der Waals surface area (Å²) in [4.78, 5) is 0. The van der Waals surface area contributed by atoms with Gasteiger partial charge in [-0.25, -0.2) is 0 Å². The van der Waals surface area contributed by atoms with Crippen molar-refractivity contribution in [3.63, 3.8) is 0 Å². The van der Waals surface area contributed by atoms with Gasteiger partial charge >= 0.3 is 0 Å². The molecule has 66 valence electrons. The van der Waals surface area contributed by atoms with E-state index < -0.39 is 0 Å². The van der Waals surface area contributed by atoms with Gasteiger partial charge in [-0.3, -0.25) is 0 Å². The Morgan fingerprint density at radius 3 is 1.17 bits per heavy atom. The monoisotopic (exact) mass is 162 g/mol. The zero-order chi connectivity index (χ0) is 9.40. The van der Waals surface area contributed by atoms with Gasteiger partial charge in [0.05, 0.1) is 0 Å². The minimum atomic E-state index is 1.33. The molecule has 0 atom stereocenters. The number of hydrogen-bond acceptors (Lipinski definition) is 0. The molecule has 1 rings (SSSR count). The van der Waals surface area contributed by atoms with Crippen LogP contribution >= 0.6 is 0 Å². The zero-order valence-electron chi connectivity index (χ0n) is 8.46. The second-order valence-corrected chi connectivity index (χ2v) is 2.82. The highest BCUT2D eigenvalue weighted by atomic mass is 13.9. The Bertz CT molecular complexity index is 191. The molecule has 0 spiro atoms. The Morgan fingerprint density at radius 1 is 0.750 bits per heavy atom. The molecule has 0 radical (unpaired) electrons. The van der Waals surface area contributed by atoms with Crippen LogP contribution in [0.4, 0.5) is 0 Å². The Morgan fingerprint density at radius 2 is 1.00 bits per heavy atom. The predicted octanol–water partition coefficient (Wildman–Crippen LogP) is 3.89. The van der Waals surface area contributed by atoms with Crippen molar-refractivity contribution >= 4 is 0 Å². The van der Waals surface area contributed by atoms with E-state index in [4.69, 9.17) is 0 Å². The summed E-state index contributed by atoms with van der Waals surface area (Å²) in [5.41, 5.74) is 2.66. The van der Waals surface area contributed by atoms with E-state index in [0.29, 0.717) is 0 Å². The molecule has 0 nitrogen and oxygen atoms in total. The van der Waals surface area contributed by atoms with Crippen molar-refractivity contribution in [2.24, 2.45) is 0 Å². The fourth-order valence-electron chi connectivity index (χ4n) is 0.637. The van der Waals surface area contributed by atoms with Crippen LogP contribution in [0.25, 0.3) is 0 Å². The average Bonchev–Trinajstić information content (AvgIpc) is 2.11. The van der Waals surface area contributed by atoms with Gasteiger partial charge in [0.1, 0.15) is 0 Å². The lowest BCUT2D eigenvalue weighted by molar-refractivity contribution is 1.40. The van der Waals surface area contributed by atoms with E-state index in [-0.39, 0.29) is 0 Å². The molecule has 0 N–H and O–H groups in total. The Kier molecular flexibility index (Phi) is 6.08. The molecule has 0 saturated heterocycles. The van der Waals surface area contributed by atoms with Gasteiger partial charge < -0.3 is 0 Å². The molecular formula is C12H18. The van der Waals surface area contributed by atoms with E-state index in [2.05, 4.69) is 38.1 Å². The summed E-state index contributed by atoms with van der Waals surface area (Å²) in [6.07, 6.45) is 4.00. The predicted molar refractivity (Wildman–Crippen MR) is 56.4 cm³/mol. The van der Waals surface area contributed by atoms with Crippen molar-refractivity contribution in [3.8, 4) is 0 Å². The van der Waals surface area contributed by atoms with Crippen LogP contribution in [0.5, 0.6) is 0 Å². The molecule has 0 bridgehead atoms. The smallest absolute Gasteiger partial charge is 0.0398 e. The first-order valence-corrected chi connectivity index (χ1v) is 4.31. The molecule has 1 aromatic carbocycles. The molecule has 0 aliphatic heterocycles. The van der Waals surface area contributed by atoms with E-state index >= 15 is 0 Å². The second kappa shape index (κ2) is 6.66. The number of aryl methyl sites for hydroxylation is 2. The quantitative estimate of drug-likeness (QED) is 0.508. The fraction of sp³-hybridized carbons (Fsp3) is 0.333. The molecule has 1 aromatic rings. The van der Waals surface area contributed by atoms with E-state index in [1.54, 1.807) is 0 Å². The zero-order valence-corrected chi connectivity index (χ0v) is 8.46. The lowest BCUT2D eigenvalue weighted by Crippen LogP contribution is -1.70. The van der Waals surface area contributed by atoms with Gasteiger partial charge in [0.2, 0.25) is 0 Å². The number of benzene rings is 1. The van der Waals surface area contributed by atoms with Crippen LogP contribution in [0.15, 0.2) is 36.4 Å². The van der Waals surface area contributed by atoms with Crippen LogP contribution in [0.2, 0.25) is 0 Å². The molecule has 12 heavy (non-hydrogen) atoms. The molecule has 0 amide bonds. The Balaban J connectivity index is 0.000000261. The van der Waals surface area contributed by atoms with E-state index in [1.165, 1.54) is 11.1 Å². The van der Waals surface area contributed by atoms with Gasteiger partial charge in [-0.15, -0.1) is 0 Å². The standard InChI is InChI=1S/C8H10.C4H8/c1-7-3-5-8(2)6-4-7;1-3-4-2/h3-6H,1-2H3;3-4H,1-2H3/b;4-3+. The summed E-state index contributed by atoms with van der Waals surface area (Å²) in [6, 6.07) is 8.48. The van der Waals surface area contributed by atoms with Crippen molar-refractivity contribution in [1.29, 1.82) is 0 Å². The van der Waals surface area contributed by atoms with Crippen LogP contribution < -0.4 is 0 Å². The molecule has 0 aromatic heterocycles. The third-order valence-corrected chi connectivity index (χ3v) is 1.55. The molecular weight excluding hydrogens is 144 g/mol. The van der Waals surface area contributed by atoms with Gasteiger partial charge in [0.25, 0.3) is 0 Å². The second-order valence-electron chi connectivity index (χ2n) is 2.82. The normalized spacial score (nSPS) is 9.33. The van der Waals surface area contributed by atoms with Crippen molar-refractivity contribution < 1.29 is 0 Å². The van der Waals surface area contributed by atoms with Gasteiger partial charge in [-0.05, 0) is 27.7 Å². The maximum Gasteiger partial charge on any atom is -0.0398 e. The highest BCUT2D eigenvalue weighted by Gasteiger charge is 1.79. The van der Waals surface area contributed by atoms with Gasteiger partial charge in [0.15, 0.2) is 0 Å².